The maximum absolute atomic E-state index is 11.2. The summed E-state index contributed by atoms with van der Waals surface area (Å²) < 4.78 is 0. The average Bonchev–Trinajstić information content (AvgIpc) is 2.08. The van der Waals surface area contributed by atoms with Crippen LogP contribution in [0.1, 0.15) is 28.4 Å². The first-order valence-electron chi connectivity index (χ1n) is 4.20. The number of hydrogen-bond acceptors (Lipinski definition) is 3. The zero-order valence-electron chi connectivity index (χ0n) is 8.33. The minimum atomic E-state index is -0.525. The summed E-state index contributed by atoms with van der Waals surface area (Å²) in [7, 11) is 0. The summed E-state index contributed by atoms with van der Waals surface area (Å²) in [6.07, 6.45) is 0. The van der Waals surface area contributed by atoms with E-state index in [4.69, 9.17) is 0 Å². The molecule has 0 aliphatic rings. The Morgan fingerprint density at radius 1 is 1.36 bits per heavy atom. The molecule has 0 fully saturated rings. The molecule has 1 aromatic carbocycles. The number of nitrogens with zero attached hydrogens (tertiary/aromatic N) is 1. The lowest BCUT2D eigenvalue weighted by atomic mass is 9.99. The molecule has 1 aromatic rings. The van der Waals surface area contributed by atoms with Gasteiger partial charge in [0.25, 0.3) is 5.69 Å². The Morgan fingerprint density at radius 2 is 1.93 bits per heavy atom. The minimum Gasteiger partial charge on any atom is -0.294 e. The van der Waals surface area contributed by atoms with Crippen molar-refractivity contribution in [3.05, 3.63) is 38.9 Å². The van der Waals surface area contributed by atoms with E-state index in [0.29, 0.717) is 5.56 Å². The van der Waals surface area contributed by atoms with Crippen LogP contribution in [0.15, 0.2) is 12.1 Å². The van der Waals surface area contributed by atoms with Gasteiger partial charge in [-0.25, -0.2) is 0 Å². The van der Waals surface area contributed by atoms with Crippen molar-refractivity contribution < 1.29 is 9.72 Å². The van der Waals surface area contributed by atoms with E-state index in [9.17, 15) is 14.9 Å². The number of carbonyl (C=O) groups excluding carboxylic acids is 1. The molecule has 74 valence electrons. The third kappa shape index (κ3) is 1.64. The van der Waals surface area contributed by atoms with Gasteiger partial charge < -0.3 is 0 Å². The van der Waals surface area contributed by atoms with Crippen molar-refractivity contribution in [1.82, 2.24) is 0 Å². The van der Waals surface area contributed by atoms with Crippen molar-refractivity contribution in [3.8, 4) is 0 Å². The number of rotatable bonds is 2. The summed E-state index contributed by atoms with van der Waals surface area (Å²) in [5.74, 6) is -0.266. The fraction of sp³-hybridized carbons (Fsp3) is 0.300. The Bertz CT molecular complexity index is 410. The average molecular weight is 193 g/mol. The standard InChI is InChI=1S/C10H11NO3/c1-6-4-5-9(11(13)14)10(7(6)2)8(3)12/h4-5H,1-3H3. The van der Waals surface area contributed by atoms with Crippen molar-refractivity contribution in [2.24, 2.45) is 0 Å². The number of aryl methyl sites for hydroxylation is 1. The lowest BCUT2D eigenvalue weighted by Crippen LogP contribution is -2.04. The quantitative estimate of drug-likeness (QED) is 0.411. The second-order valence-electron chi connectivity index (χ2n) is 3.21. The normalized spacial score (nSPS) is 9.93. The molecule has 0 aliphatic heterocycles. The highest BCUT2D eigenvalue weighted by molar-refractivity contribution is 5.99. The Morgan fingerprint density at radius 3 is 2.36 bits per heavy atom. The van der Waals surface area contributed by atoms with Crippen molar-refractivity contribution in [1.29, 1.82) is 0 Å². The third-order valence-electron chi connectivity index (χ3n) is 2.26. The van der Waals surface area contributed by atoms with E-state index in [1.54, 1.807) is 13.0 Å². The number of Topliss-reactive ketones (excluding diaryl/α,β-unsaturated/α-hetero) is 1. The molecule has 0 atom stereocenters. The first-order valence-corrected chi connectivity index (χ1v) is 4.20. The smallest absolute Gasteiger partial charge is 0.280 e. The highest BCUT2D eigenvalue weighted by Crippen LogP contribution is 2.24. The van der Waals surface area contributed by atoms with E-state index < -0.39 is 4.92 Å². The van der Waals surface area contributed by atoms with Crippen LogP contribution in [0.3, 0.4) is 0 Å². The van der Waals surface area contributed by atoms with E-state index >= 15 is 0 Å². The summed E-state index contributed by atoms with van der Waals surface area (Å²) in [6, 6.07) is 3.03. The first-order chi connectivity index (χ1) is 6.45. The Labute approximate surface area is 81.7 Å². The van der Waals surface area contributed by atoms with Crippen LogP contribution in [-0.2, 0) is 0 Å². The van der Waals surface area contributed by atoms with Gasteiger partial charge in [-0.2, -0.15) is 0 Å². The van der Waals surface area contributed by atoms with Crippen LogP contribution in [0, 0.1) is 24.0 Å². The molecule has 0 amide bonds. The fourth-order valence-electron chi connectivity index (χ4n) is 1.40. The lowest BCUT2D eigenvalue weighted by molar-refractivity contribution is -0.385. The van der Waals surface area contributed by atoms with E-state index in [1.165, 1.54) is 13.0 Å². The number of benzene rings is 1. The zero-order chi connectivity index (χ0) is 10.9. The summed E-state index contributed by atoms with van der Waals surface area (Å²) in [4.78, 5) is 21.4. The first kappa shape index (κ1) is 10.4. The molecule has 0 N–H and O–H groups in total. The minimum absolute atomic E-state index is 0.111. The second-order valence-corrected chi connectivity index (χ2v) is 3.21. The molecule has 0 saturated heterocycles. The molecule has 1 rings (SSSR count). The summed E-state index contributed by atoms with van der Waals surface area (Å²) in [6.45, 7) is 4.89. The molecule has 0 heterocycles. The molecule has 4 nitrogen and oxygen atoms in total. The molecule has 0 radical (unpaired) electrons. The highest BCUT2D eigenvalue weighted by Gasteiger charge is 2.20. The summed E-state index contributed by atoms with van der Waals surface area (Å²) in [5.41, 5.74) is 1.68. The van der Waals surface area contributed by atoms with Crippen molar-refractivity contribution >= 4 is 11.5 Å². The van der Waals surface area contributed by atoms with Gasteiger partial charge in [-0.05, 0) is 31.9 Å². The van der Waals surface area contributed by atoms with Gasteiger partial charge in [0, 0.05) is 6.07 Å². The maximum Gasteiger partial charge on any atom is 0.280 e. The number of carbonyl (C=O) groups is 1. The Hall–Kier alpha value is -1.71. The van der Waals surface area contributed by atoms with Gasteiger partial charge in [0.1, 0.15) is 0 Å². The molecule has 0 aromatic heterocycles. The van der Waals surface area contributed by atoms with Crippen molar-refractivity contribution in [2.75, 3.05) is 0 Å². The lowest BCUT2D eigenvalue weighted by Gasteiger charge is -2.05. The van der Waals surface area contributed by atoms with Gasteiger partial charge in [0.2, 0.25) is 0 Å². The van der Waals surface area contributed by atoms with Crippen LogP contribution in [-0.4, -0.2) is 10.7 Å². The molecule has 0 aliphatic carbocycles. The molecule has 0 spiro atoms. The number of nitro groups is 1. The fourth-order valence-corrected chi connectivity index (χ4v) is 1.40. The van der Waals surface area contributed by atoms with E-state index in [-0.39, 0.29) is 17.0 Å². The van der Waals surface area contributed by atoms with Crippen LogP contribution in [0.2, 0.25) is 0 Å². The summed E-state index contributed by atoms with van der Waals surface area (Å²) in [5, 5.41) is 10.6. The third-order valence-corrected chi connectivity index (χ3v) is 2.26. The van der Waals surface area contributed by atoms with Crippen molar-refractivity contribution in [2.45, 2.75) is 20.8 Å². The van der Waals surface area contributed by atoms with E-state index in [1.807, 2.05) is 6.92 Å². The number of ketones is 1. The molecule has 0 saturated carbocycles. The van der Waals surface area contributed by atoms with Gasteiger partial charge in [0.15, 0.2) is 5.78 Å². The molecular formula is C10H11NO3. The second kappa shape index (κ2) is 3.57. The van der Waals surface area contributed by atoms with Gasteiger partial charge in [-0.1, -0.05) is 6.07 Å². The van der Waals surface area contributed by atoms with Crippen LogP contribution in [0.25, 0.3) is 0 Å². The van der Waals surface area contributed by atoms with Gasteiger partial charge >= 0.3 is 0 Å². The zero-order valence-corrected chi connectivity index (χ0v) is 8.33. The van der Waals surface area contributed by atoms with Crippen molar-refractivity contribution in [3.63, 3.8) is 0 Å². The van der Waals surface area contributed by atoms with Crippen LogP contribution in [0.5, 0.6) is 0 Å². The van der Waals surface area contributed by atoms with Crippen LogP contribution in [0.4, 0.5) is 5.69 Å². The number of hydrogen-bond donors (Lipinski definition) is 0. The van der Waals surface area contributed by atoms with E-state index in [0.717, 1.165) is 5.56 Å². The molecule has 0 bridgehead atoms. The Balaban J connectivity index is 3.53. The van der Waals surface area contributed by atoms with Gasteiger partial charge in [-0.3, -0.25) is 14.9 Å². The van der Waals surface area contributed by atoms with Gasteiger partial charge in [-0.15, -0.1) is 0 Å². The molecular weight excluding hydrogens is 182 g/mol. The van der Waals surface area contributed by atoms with E-state index in [2.05, 4.69) is 0 Å². The monoisotopic (exact) mass is 193 g/mol. The maximum atomic E-state index is 11.2. The molecule has 14 heavy (non-hydrogen) atoms. The Kier molecular flexibility index (Phi) is 2.65. The molecule has 0 unspecified atom stereocenters. The predicted molar refractivity (Wildman–Crippen MR) is 52.6 cm³/mol. The van der Waals surface area contributed by atoms with Crippen LogP contribution >= 0.6 is 0 Å². The number of nitro benzene ring substituents is 1. The predicted octanol–water partition coefficient (Wildman–Crippen LogP) is 2.41. The molecule has 4 heteroatoms. The largest absolute Gasteiger partial charge is 0.294 e. The SMILES string of the molecule is CC(=O)c1c([N+](=O)[O-])ccc(C)c1C. The van der Waals surface area contributed by atoms with Gasteiger partial charge in [0.05, 0.1) is 10.5 Å². The van der Waals surface area contributed by atoms with Crippen LogP contribution < -0.4 is 0 Å². The summed E-state index contributed by atoms with van der Waals surface area (Å²) >= 11 is 0. The highest BCUT2D eigenvalue weighted by atomic mass is 16.6. The topological polar surface area (TPSA) is 60.2 Å².